The fourth-order valence-electron chi connectivity index (χ4n) is 2.37. The molecule has 1 heterocycles. The number of methoxy groups -OCH3 is 1. The number of anilines is 1. The number of hydrogen-bond donors (Lipinski definition) is 1. The van der Waals surface area contributed by atoms with Gasteiger partial charge < -0.3 is 15.2 Å². The minimum Gasteiger partial charge on any atom is -0.474 e. The maximum absolute atomic E-state index is 11.4. The number of aryl methyl sites for hydroxylation is 1. The monoisotopic (exact) mass is 264 g/mol. The van der Waals surface area contributed by atoms with E-state index in [4.69, 9.17) is 15.2 Å². The highest BCUT2D eigenvalue weighted by atomic mass is 16.5. The van der Waals surface area contributed by atoms with Gasteiger partial charge in [0.1, 0.15) is 6.10 Å². The summed E-state index contributed by atoms with van der Waals surface area (Å²) in [6, 6.07) is 3.59. The predicted octanol–water partition coefficient (Wildman–Crippen LogP) is 2.08. The molecular weight excluding hydrogens is 244 g/mol. The molecule has 0 unspecified atom stereocenters. The van der Waals surface area contributed by atoms with Crippen molar-refractivity contribution in [1.82, 2.24) is 4.98 Å². The number of nitrogen functional groups attached to an aromatic ring is 1. The molecule has 19 heavy (non-hydrogen) atoms. The number of hydrogen-bond acceptors (Lipinski definition) is 5. The topological polar surface area (TPSA) is 74.4 Å². The summed E-state index contributed by atoms with van der Waals surface area (Å²) in [6.07, 6.45) is 3.45. The lowest BCUT2D eigenvalue weighted by Crippen LogP contribution is -2.28. The molecule has 0 atom stereocenters. The van der Waals surface area contributed by atoms with Gasteiger partial charge in [0.2, 0.25) is 5.88 Å². The molecule has 0 amide bonds. The van der Waals surface area contributed by atoms with E-state index in [2.05, 4.69) is 4.98 Å². The van der Waals surface area contributed by atoms with Crippen LogP contribution in [0.2, 0.25) is 0 Å². The number of nitrogens with zero attached hydrogens (tertiary/aromatic N) is 1. The first-order valence-electron chi connectivity index (χ1n) is 6.57. The average Bonchev–Trinajstić information content (AvgIpc) is 2.43. The number of pyridine rings is 1. The van der Waals surface area contributed by atoms with Crippen molar-refractivity contribution in [3.05, 3.63) is 17.8 Å². The first kappa shape index (κ1) is 13.6. The van der Waals surface area contributed by atoms with Gasteiger partial charge in [-0.25, -0.2) is 4.98 Å². The van der Waals surface area contributed by atoms with Gasteiger partial charge in [0.15, 0.2) is 0 Å². The number of carbonyl (C=O) groups excluding carboxylic acids is 1. The third-order valence-corrected chi connectivity index (χ3v) is 3.60. The van der Waals surface area contributed by atoms with Gasteiger partial charge in [-0.05, 0) is 38.7 Å². The van der Waals surface area contributed by atoms with Crippen LogP contribution in [-0.2, 0) is 9.53 Å². The Labute approximate surface area is 113 Å². The maximum Gasteiger partial charge on any atom is 0.308 e. The predicted molar refractivity (Wildman–Crippen MR) is 71.8 cm³/mol. The van der Waals surface area contributed by atoms with E-state index in [1.165, 1.54) is 7.11 Å². The molecule has 0 saturated heterocycles. The smallest absolute Gasteiger partial charge is 0.308 e. The molecule has 0 aromatic carbocycles. The van der Waals surface area contributed by atoms with Gasteiger partial charge in [-0.3, -0.25) is 4.79 Å². The number of esters is 1. The molecule has 0 bridgehead atoms. The lowest BCUT2D eigenvalue weighted by Gasteiger charge is -2.27. The fraction of sp³-hybridized carbons (Fsp3) is 0.571. The highest BCUT2D eigenvalue weighted by Crippen LogP contribution is 2.28. The number of aromatic nitrogens is 1. The van der Waals surface area contributed by atoms with Crippen molar-refractivity contribution in [3.8, 4) is 5.88 Å². The zero-order valence-corrected chi connectivity index (χ0v) is 11.4. The van der Waals surface area contributed by atoms with Gasteiger partial charge >= 0.3 is 5.97 Å². The van der Waals surface area contributed by atoms with Crippen LogP contribution in [-0.4, -0.2) is 24.2 Å². The number of nitrogens with two attached hydrogens (primary N) is 1. The molecule has 104 valence electrons. The summed E-state index contributed by atoms with van der Waals surface area (Å²) in [4.78, 5) is 15.7. The average molecular weight is 264 g/mol. The van der Waals surface area contributed by atoms with Crippen LogP contribution in [0, 0.1) is 12.8 Å². The largest absolute Gasteiger partial charge is 0.474 e. The van der Waals surface area contributed by atoms with Gasteiger partial charge in [-0.1, -0.05) is 0 Å². The molecule has 1 aromatic rings. The summed E-state index contributed by atoms with van der Waals surface area (Å²) in [5.41, 5.74) is 7.17. The molecular formula is C14H20N2O3. The molecule has 1 fully saturated rings. The molecule has 0 radical (unpaired) electrons. The van der Waals surface area contributed by atoms with E-state index < -0.39 is 0 Å². The van der Waals surface area contributed by atoms with Crippen molar-refractivity contribution >= 4 is 11.7 Å². The molecule has 1 aliphatic rings. The van der Waals surface area contributed by atoms with Crippen molar-refractivity contribution < 1.29 is 14.3 Å². The lowest BCUT2D eigenvalue weighted by atomic mass is 9.87. The summed E-state index contributed by atoms with van der Waals surface area (Å²) in [7, 11) is 1.44. The zero-order chi connectivity index (χ0) is 13.8. The summed E-state index contributed by atoms with van der Waals surface area (Å²) in [5.74, 6) is 0.513. The van der Waals surface area contributed by atoms with Crippen molar-refractivity contribution in [2.75, 3.05) is 12.8 Å². The van der Waals surface area contributed by atoms with Crippen LogP contribution in [0.3, 0.4) is 0 Å². The third-order valence-electron chi connectivity index (χ3n) is 3.60. The van der Waals surface area contributed by atoms with Gasteiger partial charge in [-0.2, -0.15) is 0 Å². The summed E-state index contributed by atoms with van der Waals surface area (Å²) in [5, 5.41) is 0. The van der Waals surface area contributed by atoms with E-state index in [1.807, 2.05) is 6.92 Å². The Balaban J connectivity index is 1.88. The Morgan fingerprint density at radius 3 is 2.58 bits per heavy atom. The van der Waals surface area contributed by atoms with Crippen molar-refractivity contribution in [3.63, 3.8) is 0 Å². The summed E-state index contributed by atoms with van der Waals surface area (Å²) in [6.45, 7) is 1.86. The Bertz CT molecular complexity index is 454. The minimum atomic E-state index is -0.111. The Morgan fingerprint density at radius 1 is 1.32 bits per heavy atom. The van der Waals surface area contributed by atoms with Gasteiger partial charge in [0.05, 0.1) is 24.4 Å². The Hall–Kier alpha value is -1.78. The summed E-state index contributed by atoms with van der Waals surface area (Å²) >= 11 is 0. The Morgan fingerprint density at radius 2 is 2.00 bits per heavy atom. The lowest BCUT2D eigenvalue weighted by molar-refractivity contribution is -0.147. The van der Waals surface area contributed by atoms with E-state index in [0.29, 0.717) is 11.6 Å². The minimum absolute atomic E-state index is 0.0194. The molecule has 5 heteroatoms. The second kappa shape index (κ2) is 5.91. The van der Waals surface area contributed by atoms with E-state index >= 15 is 0 Å². The first-order valence-corrected chi connectivity index (χ1v) is 6.57. The number of ether oxygens (including phenoxy) is 2. The second-order valence-corrected chi connectivity index (χ2v) is 4.94. The van der Waals surface area contributed by atoms with Crippen LogP contribution in [0.4, 0.5) is 5.69 Å². The van der Waals surface area contributed by atoms with Crippen molar-refractivity contribution in [2.45, 2.75) is 38.7 Å². The number of rotatable bonds is 3. The van der Waals surface area contributed by atoms with E-state index in [1.54, 1.807) is 12.1 Å². The van der Waals surface area contributed by atoms with Crippen LogP contribution in [0.15, 0.2) is 12.1 Å². The normalized spacial score (nSPS) is 22.8. The molecule has 1 saturated carbocycles. The van der Waals surface area contributed by atoms with Crippen LogP contribution < -0.4 is 10.5 Å². The zero-order valence-electron chi connectivity index (χ0n) is 11.4. The van der Waals surface area contributed by atoms with E-state index in [0.717, 1.165) is 31.4 Å². The fourth-order valence-corrected chi connectivity index (χ4v) is 2.37. The van der Waals surface area contributed by atoms with Crippen LogP contribution in [0.25, 0.3) is 0 Å². The molecule has 1 aliphatic carbocycles. The highest BCUT2D eigenvalue weighted by Gasteiger charge is 2.28. The Kier molecular flexibility index (Phi) is 4.24. The SMILES string of the molecule is COC(=O)[C@H]1CC[C@@H](Oc2ccc(N)c(C)n2)CC1. The maximum atomic E-state index is 11.4. The molecule has 0 spiro atoms. The molecule has 5 nitrogen and oxygen atoms in total. The van der Waals surface area contributed by atoms with Crippen molar-refractivity contribution in [2.24, 2.45) is 5.92 Å². The third kappa shape index (κ3) is 3.36. The van der Waals surface area contributed by atoms with Gasteiger partial charge in [-0.15, -0.1) is 0 Å². The van der Waals surface area contributed by atoms with Crippen LogP contribution in [0.1, 0.15) is 31.4 Å². The molecule has 2 rings (SSSR count). The summed E-state index contributed by atoms with van der Waals surface area (Å²) < 4.78 is 10.6. The highest BCUT2D eigenvalue weighted by molar-refractivity contribution is 5.72. The van der Waals surface area contributed by atoms with Gasteiger partial charge in [0.25, 0.3) is 0 Å². The first-order chi connectivity index (χ1) is 9.10. The standard InChI is InChI=1S/C14H20N2O3/c1-9-12(15)7-8-13(16-9)19-11-5-3-10(4-6-11)14(17)18-2/h7-8,10-11H,3-6,15H2,1-2H3/t10-,11+. The molecule has 0 aliphatic heterocycles. The molecule has 1 aromatic heterocycles. The number of carbonyl (C=O) groups is 1. The van der Waals surface area contributed by atoms with E-state index in [-0.39, 0.29) is 18.0 Å². The van der Waals surface area contributed by atoms with E-state index in [9.17, 15) is 4.79 Å². The van der Waals surface area contributed by atoms with Gasteiger partial charge in [0, 0.05) is 6.07 Å². The van der Waals surface area contributed by atoms with Crippen LogP contribution in [0.5, 0.6) is 5.88 Å². The second-order valence-electron chi connectivity index (χ2n) is 4.94. The van der Waals surface area contributed by atoms with Crippen molar-refractivity contribution in [1.29, 1.82) is 0 Å². The van der Waals surface area contributed by atoms with Crippen LogP contribution >= 0.6 is 0 Å². The quantitative estimate of drug-likeness (QED) is 0.846. The molecule has 2 N–H and O–H groups in total.